The zero-order valence-electron chi connectivity index (χ0n) is 7.64. The summed E-state index contributed by atoms with van der Waals surface area (Å²) >= 11 is 3.14. The predicted octanol–water partition coefficient (Wildman–Crippen LogP) is 0.984. The third-order valence-electron chi connectivity index (χ3n) is 1.77. The van der Waals surface area contributed by atoms with Gasteiger partial charge < -0.3 is 9.84 Å². The third-order valence-corrected chi connectivity index (χ3v) is 2.16. The second-order valence-electron chi connectivity index (χ2n) is 2.73. The Balaban J connectivity index is 2.66. The molecule has 6 nitrogen and oxygen atoms in total. The molecule has 0 radical (unpaired) electrons. The number of hydrogen-bond donors (Lipinski definition) is 1. The highest BCUT2D eigenvalue weighted by molar-refractivity contribution is 9.10. The first kappa shape index (κ1) is 9.91. The van der Waals surface area contributed by atoms with Gasteiger partial charge in [0.2, 0.25) is 5.88 Å². The zero-order valence-corrected chi connectivity index (χ0v) is 9.22. The first-order chi connectivity index (χ1) is 7.11. The summed E-state index contributed by atoms with van der Waals surface area (Å²) < 4.78 is 6.22. The molecule has 0 fully saturated rings. The molecule has 78 valence electrons. The average molecular weight is 272 g/mol. The lowest BCUT2D eigenvalue weighted by Crippen LogP contribution is -2.06. The first-order valence-corrected chi connectivity index (χ1v) is 4.74. The Kier molecular flexibility index (Phi) is 2.31. The molecule has 0 bridgehead atoms. The average Bonchev–Trinajstić information content (AvgIpc) is 2.58. The van der Waals surface area contributed by atoms with E-state index in [0.717, 1.165) is 0 Å². The van der Waals surface area contributed by atoms with E-state index < -0.39 is 5.97 Å². The molecule has 0 amide bonds. The quantitative estimate of drug-likeness (QED) is 0.783. The van der Waals surface area contributed by atoms with Gasteiger partial charge in [0.1, 0.15) is 4.60 Å². The second-order valence-corrected chi connectivity index (χ2v) is 3.54. The largest absolute Gasteiger partial charge is 0.493 e. The summed E-state index contributed by atoms with van der Waals surface area (Å²) in [6.07, 6.45) is 0. The lowest BCUT2D eigenvalue weighted by Gasteiger charge is -2.00. The van der Waals surface area contributed by atoms with E-state index >= 15 is 0 Å². The minimum Gasteiger partial charge on any atom is -0.493 e. The molecule has 2 aromatic heterocycles. The molecule has 0 saturated carbocycles. The van der Waals surface area contributed by atoms with Crippen LogP contribution in [-0.4, -0.2) is 32.8 Å². The minimum absolute atomic E-state index is 0.0369. The van der Waals surface area contributed by atoms with Crippen LogP contribution in [0.15, 0.2) is 16.7 Å². The number of aromatic hydroxyl groups is 1. The van der Waals surface area contributed by atoms with Crippen molar-refractivity contribution >= 4 is 27.5 Å². The van der Waals surface area contributed by atoms with Crippen molar-refractivity contribution in [2.24, 2.45) is 0 Å². The summed E-state index contributed by atoms with van der Waals surface area (Å²) in [6, 6.07) is 2.77. The maximum Gasteiger partial charge on any atom is 0.356 e. The zero-order chi connectivity index (χ0) is 11.0. The van der Waals surface area contributed by atoms with E-state index in [1.807, 2.05) is 0 Å². The predicted molar refractivity (Wildman–Crippen MR) is 53.7 cm³/mol. The molecule has 0 unspecified atom stereocenters. The second kappa shape index (κ2) is 3.50. The number of rotatable bonds is 1. The van der Waals surface area contributed by atoms with E-state index in [9.17, 15) is 9.90 Å². The number of carbonyl (C=O) groups is 1. The van der Waals surface area contributed by atoms with Gasteiger partial charge in [0, 0.05) is 12.1 Å². The summed E-state index contributed by atoms with van der Waals surface area (Å²) in [6.45, 7) is 0. The van der Waals surface area contributed by atoms with Crippen molar-refractivity contribution in [2.45, 2.75) is 0 Å². The van der Waals surface area contributed by atoms with E-state index in [4.69, 9.17) is 0 Å². The van der Waals surface area contributed by atoms with Gasteiger partial charge in [-0.15, -0.1) is 0 Å². The Bertz CT molecular complexity index is 537. The van der Waals surface area contributed by atoms with Gasteiger partial charge in [0.05, 0.1) is 7.11 Å². The maximum atomic E-state index is 11.2. The molecule has 0 atom stereocenters. The van der Waals surface area contributed by atoms with E-state index in [0.29, 0.717) is 10.3 Å². The van der Waals surface area contributed by atoms with Crippen LogP contribution >= 0.6 is 15.9 Å². The number of nitrogens with zero attached hydrogens (tertiary/aromatic N) is 3. The van der Waals surface area contributed by atoms with Crippen molar-refractivity contribution in [2.75, 3.05) is 7.11 Å². The van der Waals surface area contributed by atoms with Crippen LogP contribution in [0.4, 0.5) is 0 Å². The van der Waals surface area contributed by atoms with Crippen molar-refractivity contribution < 1.29 is 14.6 Å². The molecular formula is C8H6BrN3O3. The summed E-state index contributed by atoms with van der Waals surface area (Å²) in [7, 11) is 1.25. The Labute approximate surface area is 92.6 Å². The number of halogens is 1. The highest BCUT2D eigenvalue weighted by atomic mass is 79.9. The topological polar surface area (TPSA) is 76.7 Å². The van der Waals surface area contributed by atoms with Crippen molar-refractivity contribution in [1.29, 1.82) is 0 Å². The third kappa shape index (κ3) is 1.65. The molecule has 0 aliphatic rings. The Morgan fingerprint density at radius 3 is 3.00 bits per heavy atom. The summed E-state index contributed by atoms with van der Waals surface area (Å²) in [5.41, 5.74) is 0.400. The van der Waals surface area contributed by atoms with Crippen molar-refractivity contribution in [1.82, 2.24) is 14.6 Å². The van der Waals surface area contributed by atoms with Gasteiger partial charge in [-0.25, -0.2) is 9.78 Å². The lowest BCUT2D eigenvalue weighted by molar-refractivity contribution is 0.0593. The highest BCUT2D eigenvalue weighted by Crippen LogP contribution is 2.17. The summed E-state index contributed by atoms with van der Waals surface area (Å²) in [5, 5.41) is 13.4. The Morgan fingerprint density at radius 1 is 1.60 bits per heavy atom. The molecule has 15 heavy (non-hydrogen) atoms. The Morgan fingerprint density at radius 2 is 2.33 bits per heavy atom. The molecule has 2 rings (SSSR count). The summed E-state index contributed by atoms with van der Waals surface area (Å²) in [4.78, 5) is 15.1. The van der Waals surface area contributed by atoms with E-state index in [1.54, 1.807) is 6.07 Å². The molecule has 1 N–H and O–H groups in total. The van der Waals surface area contributed by atoms with Crippen LogP contribution in [0.3, 0.4) is 0 Å². The number of ether oxygens (including phenoxy) is 1. The van der Waals surface area contributed by atoms with Crippen molar-refractivity contribution in [3.05, 3.63) is 22.4 Å². The van der Waals surface area contributed by atoms with Gasteiger partial charge >= 0.3 is 5.97 Å². The molecule has 2 aromatic rings. The molecule has 0 spiro atoms. The first-order valence-electron chi connectivity index (χ1n) is 3.95. The van der Waals surface area contributed by atoms with Crippen LogP contribution in [0, 0.1) is 0 Å². The smallest absolute Gasteiger partial charge is 0.356 e. The normalized spacial score (nSPS) is 10.5. The van der Waals surface area contributed by atoms with E-state index in [-0.39, 0.29) is 11.6 Å². The van der Waals surface area contributed by atoms with E-state index in [1.165, 1.54) is 17.7 Å². The van der Waals surface area contributed by atoms with Gasteiger partial charge in [-0.1, -0.05) is 0 Å². The molecular weight excluding hydrogens is 266 g/mol. The number of aromatic nitrogens is 3. The van der Waals surface area contributed by atoms with Crippen molar-refractivity contribution in [3.8, 4) is 5.88 Å². The van der Waals surface area contributed by atoms with Crippen LogP contribution in [0.2, 0.25) is 0 Å². The summed E-state index contributed by atoms with van der Waals surface area (Å²) in [5.74, 6) is -0.781. The number of fused-ring (bicyclic) bond motifs is 1. The standard InChI is InChI=1S/C8H6BrN3O3/c1-15-8(14)4-2-7(13)12-6(10-4)3-5(9)11-12/h2-3,13H,1H3. The molecule has 7 heteroatoms. The fraction of sp³-hybridized carbons (Fsp3) is 0.125. The minimum atomic E-state index is -0.606. The van der Waals surface area contributed by atoms with Gasteiger partial charge in [-0.2, -0.15) is 9.61 Å². The van der Waals surface area contributed by atoms with Crippen LogP contribution in [-0.2, 0) is 4.74 Å². The van der Waals surface area contributed by atoms with Gasteiger partial charge in [-0.05, 0) is 15.9 Å². The number of esters is 1. The Hall–Kier alpha value is -1.63. The SMILES string of the molecule is COC(=O)c1cc(O)n2nc(Br)cc2n1. The highest BCUT2D eigenvalue weighted by Gasteiger charge is 2.13. The van der Waals surface area contributed by atoms with Gasteiger partial charge in [0.25, 0.3) is 0 Å². The van der Waals surface area contributed by atoms with Gasteiger partial charge in [0.15, 0.2) is 11.3 Å². The lowest BCUT2D eigenvalue weighted by atomic mass is 10.4. The van der Waals surface area contributed by atoms with E-state index in [2.05, 4.69) is 30.7 Å². The molecule has 0 aliphatic carbocycles. The van der Waals surface area contributed by atoms with Crippen LogP contribution < -0.4 is 0 Å². The fourth-order valence-corrected chi connectivity index (χ4v) is 1.50. The monoisotopic (exact) mass is 271 g/mol. The van der Waals surface area contributed by atoms with Crippen LogP contribution in [0.5, 0.6) is 5.88 Å². The fourth-order valence-electron chi connectivity index (χ4n) is 1.14. The molecule has 0 aromatic carbocycles. The van der Waals surface area contributed by atoms with Crippen LogP contribution in [0.1, 0.15) is 10.5 Å². The number of methoxy groups -OCH3 is 1. The number of carbonyl (C=O) groups excluding carboxylic acids is 1. The van der Waals surface area contributed by atoms with Crippen LogP contribution in [0.25, 0.3) is 5.65 Å². The molecule has 2 heterocycles. The number of hydrogen-bond acceptors (Lipinski definition) is 5. The maximum absolute atomic E-state index is 11.2. The van der Waals surface area contributed by atoms with Crippen molar-refractivity contribution in [3.63, 3.8) is 0 Å². The van der Waals surface area contributed by atoms with Gasteiger partial charge in [-0.3, -0.25) is 0 Å². The molecule has 0 saturated heterocycles. The molecule has 0 aliphatic heterocycles.